The van der Waals surface area contributed by atoms with E-state index in [9.17, 15) is 9.59 Å². The molecule has 2 N–H and O–H groups in total. The van der Waals surface area contributed by atoms with Gasteiger partial charge in [0, 0.05) is 25.4 Å². The molecule has 0 aliphatic carbocycles. The number of hydrogen-bond donors (Lipinski definition) is 2. The second-order valence-corrected chi connectivity index (χ2v) is 4.90. The molecule has 0 aliphatic heterocycles. The van der Waals surface area contributed by atoms with Crippen LogP contribution in [0.25, 0.3) is 0 Å². The first-order chi connectivity index (χ1) is 8.36. The highest BCUT2D eigenvalue weighted by Gasteiger charge is 2.27. The van der Waals surface area contributed by atoms with Crippen LogP contribution in [0.5, 0.6) is 0 Å². The number of rotatable bonds is 4. The molecule has 1 rings (SSSR count). The summed E-state index contributed by atoms with van der Waals surface area (Å²) < 4.78 is 0. The van der Waals surface area contributed by atoms with Crippen LogP contribution in [-0.4, -0.2) is 30.4 Å². The van der Waals surface area contributed by atoms with Crippen LogP contribution in [0.1, 0.15) is 24.2 Å². The predicted octanol–water partition coefficient (Wildman–Crippen LogP) is 1.24. The lowest BCUT2D eigenvalue weighted by Gasteiger charge is -2.22. The molecule has 1 heterocycles. The van der Waals surface area contributed by atoms with Gasteiger partial charge in [0.1, 0.15) is 5.15 Å². The van der Waals surface area contributed by atoms with Gasteiger partial charge in [0.15, 0.2) is 0 Å². The number of halogens is 1. The maximum atomic E-state index is 11.8. The summed E-state index contributed by atoms with van der Waals surface area (Å²) in [5.74, 6) is -0.410. The average molecular weight is 270 g/mol. The summed E-state index contributed by atoms with van der Waals surface area (Å²) in [4.78, 5) is 27.2. The SMILES string of the molecule is CNC(=O)C(C)(C)CNC(=O)c1ccnc(Cl)c1. The molecule has 1 aromatic rings. The van der Waals surface area contributed by atoms with Gasteiger partial charge < -0.3 is 10.6 Å². The first kappa shape index (κ1) is 14.4. The van der Waals surface area contributed by atoms with Gasteiger partial charge in [-0.05, 0) is 26.0 Å². The highest BCUT2D eigenvalue weighted by Crippen LogP contribution is 2.14. The zero-order valence-electron chi connectivity index (χ0n) is 10.6. The maximum absolute atomic E-state index is 11.8. The van der Waals surface area contributed by atoms with Gasteiger partial charge in [0.25, 0.3) is 5.91 Å². The number of amides is 2. The normalized spacial score (nSPS) is 10.9. The van der Waals surface area contributed by atoms with E-state index in [1.807, 2.05) is 0 Å². The van der Waals surface area contributed by atoms with Gasteiger partial charge in [-0.25, -0.2) is 4.98 Å². The molecule has 5 nitrogen and oxygen atoms in total. The fourth-order valence-electron chi connectivity index (χ4n) is 1.37. The Balaban J connectivity index is 2.64. The van der Waals surface area contributed by atoms with E-state index in [2.05, 4.69) is 15.6 Å². The predicted molar refractivity (Wildman–Crippen MR) is 69.4 cm³/mol. The monoisotopic (exact) mass is 269 g/mol. The summed E-state index contributed by atoms with van der Waals surface area (Å²) >= 11 is 5.70. The van der Waals surface area contributed by atoms with Gasteiger partial charge in [-0.3, -0.25) is 9.59 Å². The van der Waals surface area contributed by atoms with Crippen molar-refractivity contribution in [2.24, 2.45) is 5.41 Å². The van der Waals surface area contributed by atoms with Gasteiger partial charge in [-0.15, -0.1) is 0 Å². The van der Waals surface area contributed by atoms with Crippen LogP contribution in [0, 0.1) is 5.41 Å². The standard InChI is InChI=1S/C12H16ClN3O2/c1-12(2,11(18)14-3)7-16-10(17)8-4-5-15-9(13)6-8/h4-6H,7H2,1-3H3,(H,14,18)(H,16,17). The summed E-state index contributed by atoms with van der Waals surface area (Å²) in [7, 11) is 1.56. The topological polar surface area (TPSA) is 71.1 Å². The summed E-state index contributed by atoms with van der Waals surface area (Å²) in [6, 6.07) is 3.04. The molecule has 0 atom stereocenters. The van der Waals surface area contributed by atoms with Crippen LogP contribution in [0.2, 0.25) is 5.15 Å². The highest BCUT2D eigenvalue weighted by atomic mass is 35.5. The summed E-state index contributed by atoms with van der Waals surface area (Å²) in [6.45, 7) is 3.75. The molecule has 0 unspecified atom stereocenters. The summed E-state index contributed by atoms with van der Waals surface area (Å²) in [5, 5.41) is 5.51. The minimum atomic E-state index is -0.665. The van der Waals surface area contributed by atoms with Crippen molar-refractivity contribution in [3.63, 3.8) is 0 Å². The average Bonchev–Trinajstić information content (AvgIpc) is 2.35. The van der Waals surface area contributed by atoms with E-state index < -0.39 is 5.41 Å². The number of nitrogens with zero attached hydrogens (tertiary/aromatic N) is 1. The van der Waals surface area contributed by atoms with Gasteiger partial charge in [-0.2, -0.15) is 0 Å². The zero-order valence-corrected chi connectivity index (χ0v) is 11.3. The van der Waals surface area contributed by atoms with Crippen molar-refractivity contribution in [1.82, 2.24) is 15.6 Å². The molecule has 0 radical (unpaired) electrons. The van der Waals surface area contributed by atoms with E-state index in [1.54, 1.807) is 27.0 Å². The molecule has 0 saturated heterocycles. The first-order valence-corrected chi connectivity index (χ1v) is 5.86. The number of carbonyl (C=O) groups excluding carboxylic acids is 2. The van der Waals surface area contributed by atoms with E-state index in [4.69, 9.17) is 11.6 Å². The van der Waals surface area contributed by atoms with Crippen molar-refractivity contribution in [3.8, 4) is 0 Å². The molecule has 18 heavy (non-hydrogen) atoms. The van der Waals surface area contributed by atoms with Crippen LogP contribution < -0.4 is 10.6 Å². The maximum Gasteiger partial charge on any atom is 0.251 e. The van der Waals surface area contributed by atoms with Crippen molar-refractivity contribution in [1.29, 1.82) is 0 Å². The van der Waals surface area contributed by atoms with Crippen molar-refractivity contribution in [3.05, 3.63) is 29.0 Å². The minimum Gasteiger partial charge on any atom is -0.359 e. The Morgan fingerprint density at radius 1 is 1.44 bits per heavy atom. The van der Waals surface area contributed by atoms with Crippen LogP contribution in [0.3, 0.4) is 0 Å². The van der Waals surface area contributed by atoms with Crippen molar-refractivity contribution >= 4 is 23.4 Å². The third-order valence-corrected chi connectivity index (χ3v) is 2.73. The van der Waals surface area contributed by atoms with E-state index in [1.165, 1.54) is 12.3 Å². The molecule has 0 spiro atoms. The Kier molecular flexibility index (Phi) is 4.67. The molecule has 1 aromatic heterocycles. The Hall–Kier alpha value is -1.62. The van der Waals surface area contributed by atoms with Gasteiger partial charge in [0.05, 0.1) is 5.41 Å². The second kappa shape index (κ2) is 5.82. The summed E-state index contributed by atoms with van der Waals surface area (Å²) in [6.07, 6.45) is 1.46. The van der Waals surface area contributed by atoms with Crippen molar-refractivity contribution in [2.45, 2.75) is 13.8 Å². The van der Waals surface area contributed by atoms with Gasteiger partial charge in [0.2, 0.25) is 5.91 Å². The smallest absolute Gasteiger partial charge is 0.251 e. The molecular formula is C12H16ClN3O2. The van der Waals surface area contributed by atoms with Crippen LogP contribution >= 0.6 is 11.6 Å². The molecule has 0 aromatic carbocycles. The number of pyridine rings is 1. The fraction of sp³-hybridized carbons (Fsp3) is 0.417. The number of nitrogens with one attached hydrogen (secondary N) is 2. The Morgan fingerprint density at radius 3 is 2.67 bits per heavy atom. The Bertz CT molecular complexity index is 460. The molecule has 0 saturated carbocycles. The van der Waals surface area contributed by atoms with E-state index in [0.29, 0.717) is 5.56 Å². The van der Waals surface area contributed by atoms with E-state index >= 15 is 0 Å². The summed E-state index contributed by atoms with van der Waals surface area (Å²) in [5.41, 5.74) is -0.246. The van der Waals surface area contributed by atoms with Gasteiger partial charge in [-0.1, -0.05) is 11.6 Å². The highest BCUT2D eigenvalue weighted by molar-refractivity contribution is 6.29. The number of hydrogen-bond acceptors (Lipinski definition) is 3. The zero-order chi connectivity index (χ0) is 13.8. The molecule has 2 amide bonds. The van der Waals surface area contributed by atoms with Crippen molar-refractivity contribution < 1.29 is 9.59 Å². The van der Waals surface area contributed by atoms with E-state index in [0.717, 1.165) is 0 Å². The molecule has 6 heteroatoms. The minimum absolute atomic E-state index is 0.129. The van der Waals surface area contributed by atoms with Crippen LogP contribution in [0.4, 0.5) is 0 Å². The molecule has 0 fully saturated rings. The largest absolute Gasteiger partial charge is 0.359 e. The van der Waals surface area contributed by atoms with E-state index in [-0.39, 0.29) is 23.5 Å². The second-order valence-electron chi connectivity index (χ2n) is 4.51. The lowest BCUT2D eigenvalue weighted by Crippen LogP contribution is -2.43. The molecule has 0 aliphatic rings. The number of carbonyl (C=O) groups is 2. The molecule has 0 bridgehead atoms. The fourth-order valence-corrected chi connectivity index (χ4v) is 1.54. The quantitative estimate of drug-likeness (QED) is 0.808. The Labute approximate surface area is 111 Å². The lowest BCUT2D eigenvalue weighted by atomic mass is 9.92. The Morgan fingerprint density at radius 2 is 2.11 bits per heavy atom. The molecular weight excluding hydrogens is 254 g/mol. The third kappa shape index (κ3) is 3.70. The van der Waals surface area contributed by atoms with Crippen LogP contribution in [-0.2, 0) is 4.79 Å². The third-order valence-electron chi connectivity index (χ3n) is 2.52. The first-order valence-electron chi connectivity index (χ1n) is 5.49. The van der Waals surface area contributed by atoms with Crippen molar-refractivity contribution in [2.75, 3.05) is 13.6 Å². The lowest BCUT2D eigenvalue weighted by molar-refractivity contribution is -0.128. The van der Waals surface area contributed by atoms with Crippen LogP contribution in [0.15, 0.2) is 18.3 Å². The number of aromatic nitrogens is 1. The van der Waals surface area contributed by atoms with Gasteiger partial charge >= 0.3 is 0 Å². The molecule has 98 valence electrons.